The normalized spacial score (nSPS) is 11.8. The molecule has 2 heteroatoms. The first-order valence-corrected chi connectivity index (χ1v) is 17.8. The average Bonchev–Trinajstić information content (AvgIpc) is 3.60. The predicted octanol–water partition coefficient (Wildman–Crippen LogP) is 14.3. The van der Waals surface area contributed by atoms with E-state index in [1.54, 1.807) is 0 Å². The van der Waals surface area contributed by atoms with E-state index in [0.717, 1.165) is 50.1 Å². The van der Waals surface area contributed by atoms with Gasteiger partial charge in [-0.3, -0.25) is 0 Å². The molecule has 1 aliphatic carbocycles. The van der Waals surface area contributed by atoms with E-state index in [9.17, 15) is 0 Å². The minimum atomic E-state index is 0.911. The highest BCUT2D eigenvalue weighted by atomic mass is 16.3. The molecule has 0 bridgehead atoms. The highest BCUT2D eigenvalue weighted by Gasteiger charge is 2.25. The van der Waals surface area contributed by atoms with Gasteiger partial charge in [0.25, 0.3) is 0 Å². The molecule has 0 spiro atoms. The van der Waals surface area contributed by atoms with Crippen molar-refractivity contribution in [3.05, 3.63) is 188 Å². The Kier molecular flexibility index (Phi) is 6.28. The minimum absolute atomic E-state index is 0.911. The topological polar surface area (TPSA) is 16.4 Å². The van der Waals surface area contributed by atoms with Gasteiger partial charge in [0.05, 0.1) is 5.69 Å². The summed E-state index contributed by atoms with van der Waals surface area (Å²) in [5.74, 6) is 0. The van der Waals surface area contributed by atoms with Crippen LogP contribution in [0.5, 0.6) is 0 Å². The molecule has 10 aromatic rings. The summed E-state index contributed by atoms with van der Waals surface area (Å²) in [6.45, 7) is 0. The molecule has 0 amide bonds. The molecule has 0 unspecified atom stereocenters. The summed E-state index contributed by atoms with van der Waals surface area (Å²) in [5.41, 5.74) is 15.1. The number of benzene rings is 9. The van der Waals surface area contributed by atoms with E-state index in [1.165, 1.54) is 54.9 Å². The van der Waals surface area contributed by atoms with Crippen molar-refractivity contribution in [2.75, 3.05) is 4.90 Å². The second-order valence-electron chi connectivity index (χ2n) is 13.7. The van der Waals surface area contributed by atoms with Gasteiger partial charge in [0, 0.05) is 33.1 Å². The molecule has 1 heterocycles. The van der Waals surface area contributed by atoms with Gasteiger partial charge in [-0.1, -0.05) is 127 Å². The number of hydrogen-bond donors (Lipinski definition) is 0. The maximum absolute atomic E-state index is 6.41. The fourth-order valence-electron chi connectivity index (χ4n) is 8.20. The first kappa shape index (κ1) is 28.9. The second kappa shape index (κ2) is 11.3. The lowest BCUT2D eigenvalue weighted by atomic mass is 9.78. The van der Waals surface area contributed by atoms with Crippen LogP contribution < -0.4 is 4.90 Å². The van der Waals surface area contributed by atoms with Crippen molar-refractivity contribution in [2.24, 2.45) is 0 Å². The molecule has 0 saturated heterocycles. The number of anilines is 3. The highest BCUT2D eigenvalue weighted by molar-refractivity contribution is 6.14. The zero-order valence-electron chi connectivity index (χ0n) is 28.3. The lowest BCUT2D eigenvalue weighted by molar-refractivity contribution is 0.670. The lowest BCUT2D eigenvalue weighted by Crippen LogP contribution is -2.11. The summed E-state index contributed by atoms with van der Waals surface area (Å²) in [5, 5.41) is 7.30. The first-order chi connectivity index (χ1) is 25.8. The van der Waals surface area contributed by atoms with Crippen LogP contribution in [-0.4, -0.2) is 0 Å². The maximum Gasteiger partial charge on any atom is 0.143 e. The van der Waals surface area contributed by atoms with Gasteiger partial charge in [0.15, 0.2) is 0 Å². The molecular formula is C50H31NO. The Bertz CT molecular complexity index is 2990. The molecule has 2 nitrogen and oxygen atoms in total. The SMILES string of the molecule is c1ccc(-c2ccc(N(c3ccc(-c4cccc5c4oc4ccccc45)cc3)c3cccc4cc5c(cc34)-c3cc4ccccc4cc3-5)cc2)cc1. The molecule has 0 saturated carbocycles. The Morgan fingerprint density at radius 2 is 0.865 bits per heavy atom. The predicted molar refractivity (Wildman–Crippen MR) is 219 cm³/mol. The van der Waals surface area contributed by atoms with Crippen LogP contribution in [0.3, 0.4) is 0 Å². The molecule has 9 aromatic carbocycles. The van der Waals surface area contributed by atoms with Crippen molar-refractivity contribution in [3.8, 4) is 44.5 Å². The molecule has 0 aliphatic heterocycles. The second-order valence-corrected chi connectivity index (χ2v) is 13.7. The van der Waals surface area contributed by atoms with Crippen LogP contribution in [0.25, 0.3) is 88.0 Å². The summed E-state index contributed by atoms with van der Waals surface area (Å²) in [7, 11) is 0. The van der Waals surface area contributed by atoms with Gasteiger partial charge >= 0.3 is 0 Å². The molecule has 0 atom stereocenters. The van der Waals surface area contributed by atoms with E-state index in [4.69, 9.17) is 4.42 Å². The van der Waals surface area contributed by atoms with Crippen LogP contribution >= 0.6 is 0 Å². The third kappa shape index (κ3) is 4.44. The Morgan fingerprint density at radius 3 is 1.60 bits per heavy atom. The highest BCUT2D eigenvalue weighted by Crippen LogP contribution is 2.52. The number of fused-ring (bicyclic) bond motifs is 9. The number of hydrogen-bond acceptors (Lipinski definition) is 2. The Labute approximate surface area is 301 Å². The molecule has 11 rings (SSSR count). The van der Waals surface area contributed by atoms with Crippen LogP contribution in [0, 0.1) is 0 Å². The monoisotopic (exact) mass is 661 g/mol. The molecular weight excluding hydrogens is 631 g/mol. The Morgan fingerprint density at radius 1 is 0.327 bits per heavy atom. The number of furan rings is 1. The van der Waals surface area contributed by atoms with Crippen LogP contribution in [0.1, 0.15) is 0 Å². The lowest BCUT2D eigenvalue weighted by Gasteiger charge is -2.30. The van der Waals surface area contributed by atoms with Crippen LogP contribution in [-0.2, 0) is 0 Å². The van der Waals surface area contributed by atoms with Crippen molar-refractivity contribution in [1.82, 2.24) is 0 Å². The first-order valence-electron chi connectivity index (χ1n) is 17.8. The molecule has 0 fully saturated rings. The van der Waals surface area contributed by atoms with E-state index in [1.807, 2.05) is 12.1 Å². The van der Waals surface area contributed by atoms with Gasteiger partial charge in [0.1, 0.15) is 11.2 Å². The maximum atomic E-state index is 6.41. The fourth-order valence-corrected chi connectivity index (χ4v) is 8.20. The van der Waals surface area contributed by atoms with Crippen LogP contribution in [0.15, 0.2) is 192 Å². The zero-order chi connectivity index (χ0) is 34.2. The van der Waals surface area contributed by atoms with Crippen molar-refractivity contribution in [3.63, 3.8) is 0 Å². The van der Waals surface area contributed by atoms with Crippen molar-refractivity contribution >= 4 is 60.5 Å². The van der Waals surface area contributed by atoms with Crippen molar-refractivity contribution < 1.29 is 4.42 Å². The summed E-state index contributed by atoms with van der Waals surface area (Å²) in [4.78, 5) is 2.40. The number of para-hydroxylation sites is 2. The van der Waals surface area contributed by atoms with Gasteiger partial charge in [-0.25, -0.2) is 0 Å². The summed E-state index contributed by atoms with van der Waals surface area (Å²) in [6.07, 6.45) is 0. The quantitative estimate of drug-likeness (QED) is 0.182. The van der Waals surface area contributed by atoms with E-state index >= 15 is 0 Å². The fraction of sp³-hybridized carbons (Fsp3) is 0. The van der Waals surface area contributed by atoms with Gasteiger partial charge in [-0.2, -0.15) is 0 Å². The van der Waals surface area contributed by atoms with E-state index < -0.39 is 0 Å². The molecule has 52 heavy (non-hydrogen) atoms. The molecule has 1 aliphatic rings. The van der Waals surface area contributed by atoms with Crippen LogP contribution in [0.2, 0.25) is 0 Å². The Hall–Kier alpha value is -6.90. The van der Waals surface area contributed by atoms with Gasteiger partial charge in [-0.15, -0.1) is 0 Å². The standard InChI is InChI=1S/C50H31NO/c1-2-10-32(11-3-1)33-20-24-38(25-21-33)51(39-26-22-34(23-27-39)40-16-9-17-42-41-15-6-7-19-49(41)52-50(40)42)48-18-8-14-37-30-46-44-28-35-12-4-5-13-36(35)29-45(44)47(46)31-43(37)48/h1-31H. The van der Waals surface area contributed by atoms with E-state index in [2.05, 4.69) is 181 Å². The summed E-state index contributed by atoms with van der Waals surface area (Å²) < 4.78 is 6.41. The van der Waals surface area contributed by atoms with Crippen molar-refractivity contribution in [2.45, 2.75) is 0 Å². The van der Waals surface area contributed by atoms with Gasteiger partial charge < -0.3 is 9.32 Å². The van der Waals surface area contributed by atoms with Gasteiger partial charge in [-0.05, 0) is 116 Å². The largest absolute Gasteiger partial charge is 0.455 e. The minimum Gasteiger partial charge on any atom is -0.455 e. The summed E-state index contributed by atoms with van der Waals surface area (Å²) >= 11 is 0. The van der Waals surface area contributed by atoms with E-state index in [-0.39, 0.29) is 0 Å². The number of nitrogens with zero attached hydrogens (tertiary/aromatic N) is 1. The Balaban J connectivity index is 1.06. The van der Waals surface area contributed by atoms with Crippen LogP contribution in [0.4, 0.5) is 17.1 Å². The van der Waals surface area contributed by atoms with E-state index in [0.29, 0.717) is 0 Å². The zero-order valence-corrected chi connectivity index (χ0v) is 28.3. The summed E-state index contributed by atoms with van der Waals surface area (Å²) in [6, 6.07) is 68.0. The molecule has 242 valence electrons. The van der Waals surface area contributed by atoms with Crippen molar-refractivity contribution in [1.29, 1.82) is 0 Å². The molecule has 1 aromatic heterocycles. The smallest absolute Gasteiger partial charge is 0.143 e. The third-order valence-electron chi connectivity index (χ3n) is 10.8. The molecule has 0 radical (unpaired) electrons. The number of rotatable bonds is 5. The average molecular weight is 662 g/mol. The van der Waals surface area contributed by atoms with Gasteiger partial charge in [0.2, 0.25) is 0 Å². The molecule has 0 N–H and O–H groups in total. The third-order valence-corrected chi connectivity index (χ3v) is 10.8.